The molecular formula is C37H54O9. The van der Waals surface area contributed by atoms with Crippen molar-refractivity contribution in [3.05, 3.63) is 70.8 Å². The molecule has 9 nitrogen and oxygen atoms in total. The SMILES string of the molecule is CCCCCCCCCC(OOC(=O)c1ccc(C)cc1)OC(=O)OC(CCCCCCCCC)OOC(=O)c1ccc(C)cc1. The standard InChI is InChI=1S/C37H54O9/c1-5-7-9-11-13-15-17-19-33(43-45-35(38)31-25-21-29(3)22-26-31)41-37(40)42-34(20-18-16-14-12-10-8-6-2)44-46-36(39)32-27-23-30(4)24-28-32/h21-28,33-34H,5-20H2,1-4H3. The molecule has 0 saturated carbocycles. The van der Waals surface area contributed by atoms with E-state index in [1.165, 1.54) is 38.5 Å². The maximum atomic E-state index is 12.9. The van der Waals surface area contributed by atoms with Crippen molar-refractivity contribution in [3.63, 3.8) is 0 Å². The molecule has 2 rings (SSSR count). The summed E-state index contributed by atoms with van der Waals surface area (Å²) in [6, 6.07) is 13.7. The van der Waals surface area contributed by atoms with Crippen molar-refractivity contribution in [1.82, 2.24) is 0 Å². The number of unbranched alkanes of at least 4 members (excludes halogenated alkanes) is 12. The molecule has 0 radical (unpaired) electrons. The van der Waals surface area contributed by atoms with E-state index in [9.17, 15) is 14.4 Å². The summed E-state index contributed by atoms with van der Waals surface area (Å²) in [6.07, 6.45) is 11.8. The van der Waals surface area contributed by atoms with Gasteiger partial charge in [0.05, 0.1) is 11.1 Å². The van der Waals surface area contributed by atoms with Gasteiger partial charge in [-0.2, -0.15) is 0 Å². The molecule has 2 unspecified atom stereocenters. The molecule has 0 N–H and O–H groups in total. The smallest absolute Gasteiger partial charge is 0.400 e. The van der Waals surface area contributed by atoms with Gasteiger partial charge in [-0.25, -0.2) is 14.4 Å². The minimum absolute atomic E-state index is 0.301. The average molecular weight is 643 g/mol. The van der Waals surface area contributed by atoms with Gasteiger partial charge in [-0.3, -0.25) is 9.78 Å². The molecule has 0 bridgehead atoms. The molecule has 0 saturated heterocycles. The first-order valence-corrected chi connectivity index (χ1v) is 17.1. The van der Waals surface area contributed by atoms with Gasteiger partial charge in [0.25, 0.3) is 0 Å². The van der Waals surface area contributed by atoms with Crippen LogP contribution in [0, 0.1) is 13.8 Å². The topological polar surface area (TPSA) is 107 Å². The van der Waals surface area contributed by atoms with Crippen LogP contribution >= 0.6 is 0 Å². The second-order valence-electron chi connectivity index (χ2n) is 11.8. The summed E-state index contributed by atoms with van der Waals surface area (Å²) in [5.74, 6) is -1.41. The van der Waals surface area contributed by atoms with Crippen LogP contribution in [0.15, 0.2) is 48.5 Å². The summed E-state index contributed by atoms with van der Waals surface area (Å²) in [5.41, 5.74) is 2.61. The summed E-state index contributed by atoms with van der Waals surface area (Å²) in [7, 11) is 0. The number of hydrogen-bond donors (Lipinski definition) is 0. The molecule has 9 heteroatoms. The number of hydrogen-bond acceptors (Lipinski definition) is 9. The highest BCUT2D eigenvalue weighted by atomic mass is 17.2. The predicted octanol–water partition coefficient (Wildman–Crippen LogP) is 10.3. The molecule has 0 fully saturated rings. The summed E-state index contributed by atoms with van der Waals surface area (Å²) < 4.78 is 10.9. The van der Waals surface area contributed by atoms with Gasteiger partial charge < -0.3 is 9.47 Å². The molecule has 0 aliphatic rings. The van der Waals surface area contributed by atoms with Crippen molar-refractivity contribution < 1.29 is 43.4 Å². The van der Waals surface area contributed by atoms with Crippen molar-refractivity contribution >= 4 is 18.1 Å². The van der Waals surface area contributed by atoms with Crippen LogP contribution in [0.1, 0.15) is 148 Å². The van der Waals surface area contributed by atoms with E-state index in [0.717, 1.165) is 49.7 Å². The highest BCUT2D eigenvalue weighted by Crippen LogP contribution is 2.18. The first-order valence-electron chi connectivity index (χ1n) is 17.1. The van der Waals surface area contributed by atoms with Gasteiger partial charge in [-0.15, -0.1) is 9.78 Å². The van der Waals surface area contributed by atoms with Crippen LogP contribution in [0.4, 0.5) is 4.79 Å². The molecule has 2 aromatic rings. The van der Waals surface area contributed by atoms with Crippen molar-refractivity contribution in [1.29, 1.82) is 0 Å². The van der Waals surface area contributed by atoms with E-state index >= 15 is 0 Å². The van der Waals surface area contributed by atoms with Crippen LogP contribution in [0.3, 0.4) is 0 Å². The van der Waals surface area contributed by atoms with E-state index in [4.69, 9.17) is 29.0 Å². The Morgan fingerprint density at radius 3 is 1.17 bits per heavy atom. The maximum absolute atomic E-state index is 12.9. The van der Waals surface area contributed by atoms with Gasteiger partial charge in [0.2, 0.25) is 12.6 Å². The molecule has 256 valence electrons. The third-order valence-electron chi connectivity index (χ3n) is 7.58. The van der Waals surface area contributed by atoms with Gasteiger partial charge >= 0.3 is 18.1 Å². The van der Waals surface area contributed by atoms with Gasteiger partial charge in [-0.05, 0) is 51.0 Å². The van der Waals surface area contributed by atoms with E-state index in [2.05, 4.69) is 13.8 Å². The molecule has 46 heavy (non-hydrogen) atoms. The molecule has 2 aromatic carbocycles. The Kier molecular flexibility index (Phi) is 20.1. The largest absolute Gasteiger partial charge is 0.513 e. The number of carbonyl (C=O) groups excluding carboxylic acids is 3. The van der Waals surface area contributed by atoms with Crippen LogP contribution in [0.2, 0.25) is 0 Å². The minimum atomic E-state index is -1.19. The Morgan fingerprint density at radius 1 is 0.500 bits per heavy atom. The Labute approximate surface area is 275 Å². The van der Waals surface area contributed by atoms with Crippen molar-refractivity contribution in [3.8, 4) is 0 Å². The Hall–Kier alpha value is -3.43. The second-order valence-corrected chi connectivity index (χ2v) is 11.8. The fourth-order valence-electron chi connectivity index (χ4n) is 4.70. The molecule has 0 aliphatic carbocycles. The average Bonchev–Trinajstić information content (AvgIpc) is 3.05. The zero-order valence-electron chi connectivity index (χ0n) is 28.3. The monoisotopic (exact) mass is 642 g/mol. The normalized spacial score (nSPS) is 12.3. The quantitative estimate of drug-likeness (QED) is 0.0363. The molecule has 0 heterocycles. The summed E-state index contributed by atoms with van der Waals surface area (Å²) in [5, 5.41) is 0. The van der Waals surface area contributed by atoms with Gasteiger partial charge in [0.15, 0.2) is 0 Å². The zero-order valence-corrected chi connectivity index (χ0v) is 28.3. The van der Waals surface area contributed by atoms with Gasteiger partial charge in [-0.1, -0.05) is 126 Å². The van der Waals surface area contributed by atoms with Crippen molar-refractivity contribution in [2.45, 2.75) is 143 Å². The first-order chi connectivity index (χ1) is 22.3. The van der Waals surface area contributed by atoms with E-state index in [1.54, 1.807) is 48.5 Å². The summed E-state index contributed by atoms with van der Waals surface area (Å²) in [4.78, 5) is 58.6. The number of carbonyl (C=O) groups is 3. The van der Waals surface area contributed by atoms with E-state index in [1.807, 2.05) is 13.8 Å². The van der Waals surface area contributed by atoms with E-state index in [0.29, 0.717) is 36.8 Å². The fraction of sp³-hybridized carbons (Fsp3) is 0.595. The number of rotatable bonds is 24. The molecule has 0 aromatic heterocycles. The first kappa shape index (κ1) is 38.8. The van der Waals surface area contributed by atoms with E-state index in [-0.39, 0.29) is 0 Å². The minimum Gasteiger partial charge on any atom is -0.400 e. The lowest BCUT2D eigenvalue weighted by molar-refractivity contribution is -0.348. The fourth-order valence-corrected chi connectivity index (χ4v) is 4.70. The summed E-state index contributed by atoms with van der Waals surface area (Å²) >= 11 is 0. The van der Waals surface area contributed by atoms with Gasteiger partial charge in [0, 0.05) is 12.8 Å². The lowest BCUT2D eigenvalue weighted by Crippen LogP contribution is -2.28. The van der Waals surface area contributed by atoms with Crippen LogP contribution < -0.4 is 0 Å². The third kappa shape index (κ3) is 17.3. The Bertz CT molecular complexity index is 1030. The lowest BCUT2D eigenvalue weighted by Gasteiger charge is -2.20. The van der Waals surface area contributed by atoms with Crippen molar-refractivity contribution in [2.24, 2.45) is 0 Å². The Morgan fingerprint density at radius 2 is 0.826 bits per heavy atom. The predicted molar refractivity (Wildman–Crippen MR) is 176 cm³/mol. The Balaban J connectivity index is 1.97. The van der Waals surface area contributed by atoms with Crippen molar-refractivity contribution in [2.75, 3.05) is 0 Å². The highest BCUT2D eigenvalue weighted by Gasteiger charge is 2.25. The van der Waals surface area contributed by atoms with Gasteiger partial charge in [0.1, 0.15) is 0 Å². The number of ether oxygens (including phenoxy) is 2. The van der Waals surface area contributed by atoms with Crippen LogP contribution in [0.25, 0.3) is 0 Å². The second kappa shape index (κ2) is 23.8. The maximum Gasteiger partial charge on any atom is 0.513 e. The number of aryl methyl sites for hydroxylation is 2. The van der Waals surface area contributed by atoms with Crippen LogP contribution in [-0.4, -0.2) is 30.7 Å². The molecule has 0 amide bonds. The lowest BCUT2D eigenvalue weighted by atomic mass is 10.1. The molecule has 0 spiro atoms. The summed E-state index contributed by atoms with van der Waals surface area (Å²) in [6.45, 7) is 8.18. The third-order valence-corrected chi connectivity index (χ3v) is 7.58. The molecular weight excluding hydrogens is 588 g/mol. The van der Waals surface area contributed by atoms with Crippen LogP contribution in [-0.2, 0) is 29.0 Å². The molecule has 2 atom stereocenters. The van der Waals surface area contributed by atoms with Crippen LogP contribution in [0.5, 0.6) is 0 Å². The zero-order chi connectivity index (χ0) is 33.4. The molecule has 0 aliphatic heterocycles. The highest BCUT2D eigenvalue weighted by molar-refractivity contribution is 5.89. The number of benzene rings is 2. The van der Waals surface area contributed by atoms with E-state index < -0.39 is 30.7 Å².